The molecule has 0 radical (unpaired) electrons. The molecule has 150 valence electrons. The van der Waals surface area contributed by atoms with Gasteiger partial charge in [-0.3, -0.25) is 0 Å². The van der Waals surface area contributed by atoms with Crippen molar-refractivity contribution in [3.8, 4) is 11.8 Å². The molecule has 0 aliphatic carbocycles. The highest BCUT2D eigenvalue weighted by molar-refractivity contribution is 5.93. The molecule has 29 heavy (non-hydrogen) atoms. The van der Waals surface area contributed by atoms with Crippen LogP contribution >= 0.6 is 0 Å². The highest BCUT2D eigenvalue weighted by Gasteiger charge is 2.38. The second kappa shape index (κ2) is 7.04. The van der Waals surface area contributed by atoms with Crippen LogP contribution in [0.3, 0.4) is 0 Å². The quantitative estimate of drug-likeness (QED) is 0.713. The van der Waals surface area contributed by atoms with Crippen molar-refractivity contribution in [2.24, 2.45) is 0 Å². The van der Waals surface area contributed by atoms with Crippen LogP contribution in [0, 0.1) is 11.3 Å². The Kier molecular flexibility index (Phi) is 4.67. The molecule has 1 saturated heterocycles. The van der Waals surface area contributed by atoms with E-state index in [-0.39, 0.29) is 28.9 Å². The molecule has 0 unspecified atom stereocenters. The number of hydrogen-bond donors (Lipinski definition) is 1. The molecule has 2 aromatic heterocycles. The zero-order valence-corrected chi connectivity index (χ0v) is 15.9. The molecule has 3 heterocycles. The zero-order valence-electron chi connectivity index (χ0n) is 15.9. The number of fused-ring (bicyclic) bond motifs is 1. The number of nitriles is 1. The predicted molar refractivity (Wildman–Crippen MR) is 103 cm³/mol. The summed E-state index contributed by atoms with van der Waals surface area (Å²) in [4.78, 5) is 10.3. The SMILES string of the molecule is C[C@@H]1CN(c2ncnc3c2c(C(F)(F)F)cn3-c2cccc(C#N)c2)[C@@H](C)CN1. The first-order valence-electron chi connectivity index (χ1n) is 9.23. The van der Waals surface area contributed by atoms with Crippen LogP contribution in [0.15, 0.2) is 36.8 Å². The molecule has 6 nitrogen and oxygen atoms in total. The van der Waals surface area contributed by atoms with E-state index in [2.05, 4.69) is 15.3 Å². The zero-order chi connectivity index (χ0) is 20.8. The Balaban J connectivity index is 1.98. The van der Waals surface area contributed by atoms with Gasteiger partial charge in [-0.2, -0.15) is 18.4 Å². The van der Waals surface area contributed by atoms with Crippen LogP contribution < -0.4 is 10.2 Å². The Morgan fingerprint density at radius 1 is 1.24 bits per heavy atom. The van der Waals surface area contributed by atoms with Gasteiger partial charge in [0.1, 0.15) is 12.1 Å². The van der Waals surface area contributed by atoms with Crippen molar-refractivity contribution in [1.82, 2.24) is 19.9 Å². The monoisotopic (exact) mass is 400 g/mol. The van der Waals surface area contributed by atoms with Crippen molar-refractivity contribution < 1.29 is 13.2 Å². The number of benzene rings is 1. The molecule has 1 aliphatic rings. The van der Waals surface area contributed by atoms with Crippen LogP contribution in [-0.2, 0) is 6.18 Å². The summed E-state index contributed by atoms with van der Waals surface area (Å²) in [7, 11) is 0. The number of aromatic nitrogens is 3. The Hall–Kier alpha value is -3.12. The highest BCUT2D eigenvalue weighted by Crippen LogP contribution is 2.40. The van der Waals surface area contributed by atoms with Crippen LogP contribution in [0.5, 0.6) is 0 Å². The summed E-state index contributed by atoms with van der Waals surface area (Å²) in [5.74, 6) is 0.276. The maximum absolute atomic E-state index is 14.0. The lowest BCUT2D eigenvalue weighted by Gasteiger charge is -2.38. The molecule has 1 aliphatic heterocycles. The molecular weight excluding hydrogens is 381 g/mol. The van der Waals surface area contributed by atoms with E-state index in [9.17, 15) is 13.2 Å². The van der Waals surface area contributed by atoms with Crippen LogP contribution in [0.2, 0.25) is 0 Å². The van der Waals surface area contributed by atoms with Gasteiger partial charge < -0.3 is 14.8 Å². The maximum Gasteiger partial charge on any atom is 0.418 e. The average Bonchev–Trinajstić information content (AvgIpc) is 3.10. The summed E-state index contributed by atoms with van der Waals surface area (Å²) in [6.45, 7) is 5.13. The largest absolute Gasteiger partial charge is 0.418 e. The van der Waals surface area contributed by atoms with Gasteiger partial charge in [0, 0.05) is 37.1 Å². The number of halogens is 3. The Morgan fingerprint density at radius 2 is 2.03 bits per heavy atom. The molecule has 1 N–H and O–H groups in total. The third kappa shape index (κ3) is 3.40. The lowest BCUT2D eigenvalue weighted by molar-refractivity contribution is -0.136. The van der Waals surface area contributed by atoms with Crippen molar-refractivity contribution in [2.45, 2.75) is 32.1 Å². The molecule has 0 spiro atoms. The Morgan fingerprint density at radius 3 is 2.76 bits per heavy atom. The van der Waals surface area contributed by atoms with Crippen LogP contribution in [0.4, 0.5) is 19.0 Å². The summed E-state index contributed by atoms with van der Waals surface area (Å²) >= 11 is 0. The van der Waals surface area contributed by atoms with Gasteiger partial charge in [0.2, 0.25) is 0 Å². The second-order valence-corrected chi connectivity index (χ2v) is 7.28. The highest BCUT2D eigenvalue weighted by atomic mass is 19.4. The number of nitrogens with zero attached hydrogens (tertiary/aromatic N) is 5. The summed E-state index contributed by atoms with van der Waals surface area (Å²) in [6.07, 6.45) is -2.24. The minimum absolute atomic E-state index is 0.0179. The number of rotatable bonds is 2. The van der Waals surface area contributed by atoms with E-state index >= 15 is 0 Å². The number of hydrogen-bond acceptors (Lipinski definition) is 5. The molecule has 0 bridgehead atoms. The van der Waals surface area contributed by atoms with E-state index in [0.29, 0.717) is 24.3 Å². The van der Waals surface area contributed by atoms with E-state index in [1.54, 1.807) is 18.2 Å². The van der Waals surface area contributed by atoms with Crippen molar-refractivity contribution in [2.75, 3.05) is 18.0 Å². The van der Waals surface area contributed by atoms with Crippen LogP contribution in [-0.4, -0.2) is 39.7 Å². The average molecular weight is 400 g/mol. The van der Waals surface area contributed by atoms with Gasteiger partial charge in [-0.15, -0.1) is 0 Å². The van der Waals surface area contributed by atoms with E-state index in [1.165, 1.54) is 17.0 Å². The standard InChI is InChI=1S/C20H19F3N6/c1-12-9-28(13(2)8-25-12)18-17-16(20(21,22)23)10-29(19(17)27-11-26-18)15-5-3-4-14(6-15)7-24/h3-6,10-13,25H,8-9H2,1-2H3/t12-,13+/m1/s1. The van der Waals surface area contributed by atoms with Gasteiger partial charge in [0.05, 0.1) is 22.6 Å². The molecule has 1 fully saturated rings. The molecule has 0 saturated carbocycles. The lowest BCUT2D eigenvalue weighted by Crippen LogP contribution is -2.54. The van der Waals surface area contributed by atoms with Crippen molar-refractivity contribution >= 4 is 16.9 Å². The third-order valence-electron chi connectivity index (χ3n) is 5.16. The van der Waals surface area contributed by atoms with Gasteiger partial charge in [-0.25, -0.2) is 9.97 Å². The topological polar surface area (TPSA) is 69.8 Å². The normalized spacial score (nSPS) is 20.1. The van der Waals surface area contributed by atoms with Crippen LogP contribution in [0.1, 0.15) is 25.0 Å². The molecule has 1 aromatic carbocycles. The van der Waals surface area contributed by atoms with Gasteiger partial charge >= 0.3 is 6.18 Å². The number of piperazine rings is 1. The third-order valence-corrected chi connectivity index (χ3v) is 5.16. The molecule has 2 atom stereocenters. The summed E-state index contributed by atoms with van der Waals surface area (Å²) in [5.41, 5.74) is 0.173. The van der Waals surface area contributed by atoms with Crippen LogP contribution in [0.25, 0.3) is 16.7 Å². The Labute approximate surface area is 165 Å². The van der Waals surface area contributed by atoms with E-state index < -0.39 is 11.7 Å². The number of alkyl halides is 3. The second-order valence-electron chi connectivity index (χ2n) is 7.28. The van der Waals surface area contributed by atoms with Crippen molar-refractivity contribution in [1.29, 1.82) is 5.26 Å². The molecule has 9 heteroatoms. The summed E-state index contributed by atoms with van der Waals surface area (Å²) < 4.78 is 43.3. The van der Waals surface area contributed by atoms with E-state index in [4.69, 9.17) is 5.26 Å². The summed E-state index contributed by atoms with van der Waals surface area (Å²) in [6, 6.07) is 8.54. The van der Waals surface area contributed by atoms with Gasteiger partial charge in [-0.1, -0.05) is 6.07 Å². The fraction of sp³-hybridized carbons (Fsp3) is 0.350. The fourth-order valence-electron chi connectivity index (χ4n) is 3.72. The van der Waals surface area contributed by atoms with Crippen molar-refractivity contribution in [3.63, 3.8) is 0 Å². The molecule has 4 rings (SSSR count). The smallest absolute Gasteiger partial charge is 0.350 e. The van der Waals surface area contributed by atoms with E-state index in [1.807, 2.05) is 24.8 Å². The summed E-state index contributed by atoms with van der Waals surface area (Å²) in [5, 5.41) is 12.4. The number of nitrogens with one attached hydrogen (secondary N) is 1. The maximum atomic E-state index is 14.0. The number of anilines is 1. The van der Waals surface area contributed by atoms with Crippen molar-refractivity contribution in [3.05, 3.63) is 47.9 Å². The predicted octanol–water partition coefficient (Wildman–Crippen LogP) is 3.50. The minimum Gasteiger partial charge on any atom is -0.350 e. The lowest BCUT2D eigenvalue weighted by atomic mass is 10.1. The van der Waals surface area contributed by atoms with Gasteiger partial charge in [0.25, 0.3) is 0 Å². The first-order valence-corrected chi connectivity index (χ1v) is 9.23. The van der Waals surface area contributed by atoms with Gasteiger partial charge in [-0.05, 0) is 32.0 Å². The fourth-order valence-corrected chi connectivity index (χ4v) is 3.72. The molecule has 3 aromatic rings. The Bertz CT molecular complexity index is 1100. The first-order chi connectivity index (χ1) is 13.8. The van der Waals surface area contributed by atoms with E-state index in [0.717, 1.165) is 6.20 Å². The van der Waals surface area contributed by atoms with Gasteiger partial charge in [0.15, 0.2) is 5.65 Å². The molecule has 0 amide bonds. The first kappa shape index (κ1) is 19.2. The molecular formula is C20H19F3N6. The minimum atomic E-state index is -4.57.